The summed E-state index contributed by atoms with van der Waals surface area (Å²) in [6.45, 7) is -0.0568. The SMILES string of the molecule is O=C(COc1ccccc1)N[C@H]1C[C@H]2SC=C(C(=O)OCc3ccccc3)N2C1=O. The minimum absolute atomic E-state index is 0.130. The number of esters is 1. The van der Waals surface area contributed by atoms with Crippen molar-refractivity contribution in [3.8, 4) is 5.75 Å². The summed E-state index contributed by atoms with van der Waals surface area (Å²) in [5.74, 6) is -0.684. The molecule has 0 spiro atoms. The van der Waals surface area contributed by atoms with Crippen LogP contribution in [0.1, 0.15) is 12.0 Å². The zero-order valence-electron chi connectivity index (χ0n) is 16.0. The Morgan fingerprint density at radius 2 is 1.77 bits per heavy atom. The van der Waals surface area contributed by atoms with E-state index in [1.165, 1.54) is 16.7 Å². The van der Waals surface area contributed by atoms with Crippen LogP contribution in [-0.4, -0.2) is 40.7 Å². The van der Waals surface area contributed by atoms with E-state index in [-0.39, 0.29) is 36.1 Å². The molecule has 2 aromatic carbocycles. The smallest absolute Gasteiger partial charge is 0.355 e. The van der Waals surface area contributed by atoms with Gasteiger partial charge >= 0.3 is 5.97 Å². The molecule has 4 rings (SSSR count). The highest BCUT2D eigenvalue weighted by molar-refractivity contribution is 8.03. The van der Waals surface area contributed by atoms with Crippen LogP contribution in [0.5, 0.6) is 5.75 Å². The summed E-state index contributed by atoms with van der Waals surface area (Å²) in [6, 6.07) is 17.6. The predicted molar refractivity (Wildman–Crippen MR) is 111 cm³/mol. The highest BCUT2D eigenvalue weighted by Crippen LogP contribution is 2.39. The summed E-state index contributed by atoms with van der Waals surface area (Å²) in [7, 11) is 0. The van der Waals surface area contributed by atoms with E-state index in [4.69, 9.17) is 9.47 Å². The average Bonchev–Trinajstić information content (AvgIpc) is 3.32. The Kier molecular flexibility index (Phi) is 6.04. The van der Waals surface area contributed by atoms with Crippen molar-refractivity contribution in [3.63, 3.8) is 0 Å². The third-order valence-electron chi connectivity index (χ3n) is 4.73. The van der Waals surface area contributed by atoms with Gasteiger partial charge in [-0.1, -0.05) is 48.5 Å². The fourth-order valence-electron chi connectivity index (χ4n) is 3.27. The van der Waals surface area contributed by atoms with E-state index in [1.807, 2.05) is 48.5 Å². The number of ether oxygens (including phenoxy) is 2. The lowest BCUT2D eigenvalue weighted by atomic mass is 10.2. The molecular weight excluding hydrogens is 404 g/mol. The molecule has 0 unspecified atom stereocenters. The Hall–Kier alpha value is -3.26. The van der Waals surface area contributed by atoms with Crippen molar-refractivity contribution in [1.82, 2.24) is 10.2 Å². The summed E-state index contributed by atoms with van der Waals surface area (Å²) in [4.78, 5) is 38.9. The minimum Gasteiger partial charge on any atom is -0.484 e. The lowest BCUT2D eigenvalue weighted by molar-refractivity contribution is -0.144. The molecule has 0 radical (unpaired) electrons. The van der Waals surface area contributed by atoms with E-state index < -0.39 is 12.0 Å². The minimum atomic E-state index is -0.694. The normalized spacial score (nSPS) is 19.8. The van der Waals surface area contributed by atoms with Crippen LogP contribution in [0.4, 0.5) is 0 Å². The molecule has 0 bridgehead atoms. The second kappa shape index (κ2) is 9.04. The monoisotopic (exact) mass is 424 g/mol. The molecule has 1 N–H and O–H groups in total. The van der Waals surface area contributed by atoms with E-state index in [2.05, 4.69) is 5.32 Å². The van der Waals surface area contributed by atoms with Crippen molar-refractivity contribution >= 4 is 29.5 Å². The lowest BCUT2D eigenvalue weighted by Crippen LogP contribution is -2.43. The number of hydrogen-bond acceptors (Lipinski definition) is 6. The van der Waals surface area contributed by atoms with Crippen molar-refractivity contribution in [2.45, 2.75) is 24.4 Å². The maximum Gasteiger partial charge on any atom is 0.355 e. The molecule has 2 atom stereocenters. The summed E-state index contributed by atoms with van der Waals surface area (Å²) >= 11 is 1.38. The van der Waals surface area contributed by atoms with Crippen LogP contribution in [0, 0.1) is 0 Å². The first kappa shape index (κ1) is 20.0. The first-order valence-electron chi connectivity index (χ1n) is 9.49. The van der Waals surface area contributed by atoms with Gasteiger partial charge in [0.15, 0.2) is 6.61 Å². The number of carbonyl (C=O) groups is 3. The zero-order valence-corrected chi connectivity index (χ0v) is 16.8. The van der Waals surface area contributed by atoms with Gasteiger partial charge in [-0.25, -0.2) is 4.79 Å². The number of thioether (sulfide) groups is 1. The molecule has 2 aliphatic heterocycles. The van der Waals surface area contributed by atoms with Gasteiger partial charge in [-0.05, 0) is 17.7 Å². The van der Waals surface area contributed by atoms with Gasteiger partial charge in [0.1, 0.15) is 24.1 Å². The average molecular weight is 424 g/mol. The molecule has 154 valence electrons. The van der Waals surface area contributed by atoms with E-state index in [0.29, 0.717) is 12.2 Å². The molecule has 2 heterocycles. The number of hydrogen-bond donors (Lipinski definition) is 1. The Bertz CT molecular complexity index is 964. The molecule has 1 saturated heterocycles. The first-order chi connectivity index (χ1) is 14.6. The van der Waals surface area contributed by atoms with Crippen molar-refractivity contribution in [1.29, 1.82) is 0 Å². The molecule has 8 heteroatoms. The number of amides is 2. The first-order valence-corrected chi connectivity index (χ1v) is 10.4. The molecular formula is C22H20N2O5S. The topological polar surface area (TPSA) is 84.9 Å². The number of nitrogens with zero attached hydrogens (tertiary/aromatic N) is 1. The van der Waals surface area contributed by atoms with Gasteiger partial charge in [0.2, 0.25) is 0 Å². The predicted octanol–water partition coefficient (Wildman–Crippen LogP) is 2.44. The summed E-state index contributed by atoms with van der Waals surface area (Å²) < 4.78 is 10.8. The number of rotatable bonds is 7. The van der Waals surface area contributed by atoms with Crippen LogP contribution >= 0.6 is 11.8 Å². The standard InChI is InChI=1S/C22H20N2O5S/c25-19(13-28-16-9-5-2-6-10-16)23-17-11-20-24(21(17)26)18(14-30-20)22(27)29-12-15-7-3-1-4-8-15/h1-10,14,17,20H,11-13H2,(H,23,25)/t17-,20+/m0/s1. The highest BCUT2D eigenvalue weighted by atomic mass is 32.2. The van der Waals surface area contributed by atoms with Crippen molar-refractivity contribution < 1.29 is 23.9 Å². The van der Waals surface area contributed by atoms with Gasteiger partial charge in [0, 0.05) is 11.8 Å². The summed E-state index contributed by atoms with van der Waals surface area (Å²) in [6.07, 6.45) is 0.409. The van der Waals surface area contributed by atoms with Gasteiger partial charge in [-0.15, -0.1) is 11.8 Å². The van der Waals surface area contributed by atoms with Crippen LogP contribution in [0.3, 0.4) is 0 Å². The van der Waals surface area contributed by atoms with E-state index in [0.717, 1.165) is 5.56 Å². The van der Waals surface area contributed by atoms with Gasteiger partial charge < -0.3 is 14.8 Å². The Balaban J connectivity index is 1.30. The van der Waals surface area contributed by atoms with E-state index in [9.17, 15) is 14.4 Å². The van der Waals surface area contributed by atoms with Crippen LogP contribution < -0.4 is 10.1 Å². The number of carbonyl (C=O) groups excluding carboxylic acids is 3. The third kappa shape index (κ3) is 4.49. The number of benzene rings is 2. The Morgan fingerprint density at radius 1 is 1.07 bits per heavy atom. The van der Waals surface area contributed by atoms with Gasteiger partial charge in [0.25, 0.3) is 11.8 Å². The second-order valence-electron chi connectivity index (χ2n) is 6.82. The Morgan fingerprint density at radius 3 is 2.50 bits per heavy atom. The quantitative estimate of drug-likeness (QED) is 0.688. The van der Waals surface area contributed by atoms with Gasteiger partial charge in [-0.2, -0.15) is 0 Å². The van der Waals surface area contributed by atoms with Crippen molar-refractivity contribution in [3.05, 3.63) is 77.3 Å². The molecule has 2 aliphatic rings. The van der Waals surface area contributed by atoms with Crippen molar-refractivity contribution in [2.75, 3.05) is 6.61 Å². The van der Waals surface area contributed by atoms with Gasteiger partial charge in [0.05, 0.1) is 5.37 Å². The molecule has 1 fully saturated rings. The molecule has 2 aromatic rings. The number of fused-ring (bicyclic) bond motifs is 1. The Labute approximate surface area is 178 Å². The summed E-state index contributed by atoms with van der Waals surface area (Å²) in [5.41, 5.74) is 1.08. The maximum atomic E-state index is 12.8. The largest absolute Gasteiger partial charge is 0.484 e. The molecule has 2 amide bonds. The third-order valence-corrected chi connectivity index (χ3v) is 5.80. The molecule has 0 aliphatic carbocycles. The molecule has 0 aromatic heterocycles. The lowest BCUT2D eigenvalue weighted by Gasteiger charge is -2.18. The molecule has 0 saturated carbocycles. The van der Waals surface area contributed by atoms with Gasteiger partial charge in [-0.3, -0.25) is 14.5 Å². The molecule has 7 nitrogen and oxygen atoms in total. The molecule has 30 heavy (non-hydrogen) atoms. The maximum absolute atomic E-state index is 12.8. The second-order valence-corrected chi connectivity index (χ2v) is 7.87. The van der Waals surface area contributed by atoms with E-state index >= 15 is 0 Å². The fraction of sp³-hybridized carbons (Fsp3) is 0.227. The number of nitrogens with one attached hydrogen (secondary N) is 1. The fourth-order valence-corrected chi connectivity index (χ4v) is 4.41. The van der Waals surface area contributed by atoms with Crippen LogP contribution in [-0.2, 0) is 25.7 Å². The van der Waals surface area contributed by atoms with E-state index in [1.54, 1.807) is 17.5 Å². The number of para-hydroxylation sites is 1. The van der Waals surface area contributed by atoms with Crippen LogP contribution in [0.25, 0.3) is 0 Å². The summed E-state index contributed by atoms with van der Waals surface area (Å²) in [5, 5.41) is 4.12. The zero-order chi connectivity index (χ0) is 20.9. The van der Waals surface area contributed by atoms with Crippen molar-refractivity contribution in [2.24, 2.45) is 0 Å². The van der Waals surface area contributed by atoms with Crippen LogP contribution in [0.2, 0.25) is 0 Å². The van der Waals surface area contributed by atoms with Crippen LogP contribution in [0.15, 0.2) is 71.8 Å². The highest BCUT2D eigenvalue weighted by Gasteiger charge is 2.47.